The number of benzene rings is 2. The number of nitrogens with one attached hydrogen (secondary N) is 1. The molecule has 0 radical (unpaired) electrons. The van der Waals surface area contributed by atoms with Crippen molar-refractivity contribution in [2.24, 2.45) is 5.92 Å². The van der Waals surface area contributed by atoms with Gasteiger partial charge in [0.05, 0.1) is 18.3 Å². The molecule has 1 aliphatic heterocycles. The largest absolute Gasteiger partial charge is 0.338 e. The van der Waals surface area contributed by atoms with Gasteiger partial charge < -0.3 is 14.8 Å². The number of carbonyl (C=O) groups is 1. The van der Waals surface area contributed by atoms with E-state index in [-0.39, 0.29) is 12.1 Å². The third-order valence-electron chi connectivity index (χ3n) is 5.34. The van der Waals surface area contributed by atoms with Crippen LogP contribution >= 0.6 is 0 Å². The monoisotopic (exact) mass is 373 g/mol. The van der Waals surface area contributed by atoms with Gasteiger partial charge in [-0.15, -0.1) is 0 Å². The maximum absolute atomic E-state index is 13.3. The Hall–Kier alpha value is -3.01. The van der Waals surface area contributed by atoms with Gasteiger partial charge in [0.2, 0.25) is 0 Å². The van der Waals surface area contributed by atoms with E-state index in [1.165, 1.54) is 0 Å². The van der Waals surface area contributed by atoms with Gasteiger partial charge in [0.1, 0.15) is 0 Å². The summed E-state index contributed by atoms with van der Waals surface area (Å²) < 4.78 is 2.22. The highest BCUT2D eigenvalue weighted by atomic mass is 16.2. The maximum Gasteiger partial charge on any atom is 0.318 e. The Morgan fingerprint density at radius 3 is 2.57 bits per heavy atom. The number of rotatable bonds is 4. The number of fused-ring (bicyclic) bond motifs is 3. The normalized spacial score (nSPS) is 15.7. The molecule has 1 aromatic heterocycles. The first-order valence-electron chi connectivity index (χ1n) is 10.00. The molecule has 2 heterocycles. The molecule has 1 N–H and O–H groups in total. The topological polar surface area (TPSA) is 37.3 Å². The highest BCUT2D eigenvalue weighted by molar-refractivity contribution is 5.76. The van der Waals surface area contributed by atoms with Crippen molar-refractivity contribution < 1.29 is 4.79 Å². The number of urea groups is 1. The van der Waals surface area contributed by atoms with E-state index in [2.05, 4.69) is 72.4 Å². The molecule has 0 aliphatic carbocycles. The quantitative estimate of drug-likeness (QED) is 0.676. The lowest BCUT2D eigenvalue weighted by Gasteiger charge is -2.31. The van der Waals surface area contributed by atoms with Gasteiger partial charge >= 0.3 is 6.03 Å². The molecule has 0 bridgehead atoms. The van der Waals surface area contributed by atoms with Crippen LogP contribution in [0.1, 0.15) is 43.1 Å². The lowest BCUT2D eigenvalue weighted by Crippen LogP contribution is -2.42. The van der Waals surface area contributed by atoms with Crippen LogP contribution < -0.4 is 5.32 Å². The van der Waals surface area contributed by atoms with E-state index in [1.807, 2.05) is 29.2 Å². The molecule has 4 heteroatoms. The van der Waals surface area contributed by atoms with Gasteiger partial charge in [-0.05, 0) is 41.7 Å². The number of hydrogen-bond donors (Lipinski definition) is 1. The second-order valence-corrected chi connectivity index (χ2v) is 7.79. The van der Waals surface area contributed by atoms with Gasteiger partial charge in [-0.1, -0.05) is 62.4 Å². The van der Waals surface area contributed by atoms with Crippen molar-refractivity contribution in [1.29, 1.82) is 0 Å². The number of carbonyl (C=O) groups excluding carboxylic acids is 1. The smallest absolute Gasteiger partial charge is 0.318 e. The van der Waals surface area contributed by atoms with E-state index in [0.29, 0.717) is 19.0 Å². The Bertz CT molecular complexity index is 945. The molecular formula is C24H27N3O. The van der Waals surface area contributed by atoms with Gasteiger partial charge in [0.15, 0.2) is 0 Å². The Morgan fingerprint density at radius 2 is 1.79 bits per heavy atom. The van der Waals surface area contributed by atoms with Crippen molar-refractivity contribution in [3.63, 3.8) is 0 Å². The molecule has 144 valence electrons. The zero-order valence-electron chi connectivity index (χ0n) is 16.5. The van der Waals surface area contributed by atoms with E-state index >= 15 is 0 Å². The highest BCUT2D eigenvalue weighted by Gasteiger charge is 2.32. The summed E-state index contributed by atoms with van der Waals surface area (Å²) in [5, 5.41) is 3.14. The fourth-order valence-electron chi connectivity index (χ4n) is 3.89. The number of amides is 2. The van der Waals surface area contributed by atoms with Crippen LogP contribution in [0.5, 0.6) is 0 Å². The van der Waals surface area contributed by atoms with Gasteiger partial charge in [-0.25, -0.2) is 4.79 Å². The molecule has 4 nitrogen and oxygen atoms in total. The maximum atomic E-state index is 13.3. The van der Waals surface area contributed by atoms with E-state index in [9.17, 15) is 4.79 Å². The fourth-order valence-corrected chi connectivity index (χ4v) is 3.89. The molecule has 2 amide bonds. The van der Waals surface area contributed by atoms with Crippen molar-refractivity contribution in [3.05, 3.63) is 89.7 Å². The standard InChI is InChI=1S/C24H27N3O/c1-18(2)14-15-25-24(28)27-17-20-11-6-7-12-21(20)26-16-8-13-22(26)23(27)19-9-4-3-5-10-19/h3-13,16,18,23H,14-15,17H2,1-2H3,(H,25,28). The first-order chi connectivity index (χ1) is 13.6. The third kappa shape index (κ3) is 3.55. The van der Waals surface area contributed by atoms with Gasteiger partial charge in [0, 0.05) is 18.4 Å². The number of hydrogen-bond acceptors (Lipinski definition) is 1. The molecule has 1 aliphatic rings. The molecular weight excluding hydrogens is 346 g/mol. The average Bonchev–Trinajstić information content (AvgIpc) is 3.12. The summed E-state index contributed by atoms with van der Waals surface area (Å²) >= 11 is 0. The SMILES string of the molecule is CC(C)CCNC(=O)N1Cc2ccccc2-n2cccc2C1c1ccccc1. The minimum atomic E-state index is -0.136. The van der Waals surface area contributed by atoms with Crippen LogP contribution in [0.2, 0.25) is 0 Å². The first kappa shape index (κ1) is 18.4. The second kappa shape index (κ2) is 7.93. The van der Waals surface area contributed by atoms with Crippen LogP contribution in [0, 0.1) is 5.92 Å². The second-order valence-electron chi connectivity index (χ2n) is 7.79. The average molecular weight is 374 g/mol. The van der Waals surface area contributed by atoms with Crippen molar-refractivity contribution in [3.8, 4) is 5.69 Å². The van der Waals surface area contributed by atoms with Gasteiger partial charge in [-0.2, -0.15) is 0 Å². The van der Waals surface area contributed by atoms with E-state index in [1.54, 1.807) is 0 Å². The molecule has 1 unspecified atom stereocenters. The summed E-state index contributed by atoms with van der Waals surface area (Å²) in [6.45, 7) is 5.62. The van der Waals surface area contributed by atoms with Crippen LogP contribution in [0.4, 0.5) is 4.79 Å². The van der Waals surface area contributed by atoms with E-state index in [0.717, 1.165) is 28.9 Å². The summed E-state index contributed by atoms with van der Waals surface area (Å²) in [6.07, 6.45) is 3.06. The van der Waals surface area contributed by atoms with E-state index < -0.39 is 0 Å². The van der Waals surface area contributed by atoms with Crippen LogP contribution in [0.15, 0.2) is 72.9 Å². The molecule has 4 rings (SSSR count). The fraction of sp³-hybridized carbons (Fsp3) is 0.292. The molecule has 2 aromatic carbocycles. The summed E-state index contributed by atoms with van der Waals surface area (Å²) in [6, 6.07) is 22.7. The van der Waals surface area contributed by atoms with Crippen LogP contribution in [0.25, 0.3) is 5.69 Å². The van der Waals surface area contributed by atoms with Crippen LogP contribution in [-0.4, -0.2) is 22.0 Å². The zero-order valence-corrected chi connectivity index (χ0v) is 16.5. The van der Waals surface area contributed by atoms with Crippen molar-refractivity contribution in [2.45, 2.75) is 32.9 Å². The van der Waals surface area contributed by atoms with Crippen molar-refractivity contribution >= 4 is 6.03 Å². The Kier molecular flexibility index (Phi) is 5.20. The lowest BCUT2D eigenvalue weighted by molar-refractivity contribution is 0.180. The summed E-state index contributed by atoms with van der Waals surface area (Å²) in [7, 11) is 0. The molecule has 1 atom stereocenters. The number of nitrogens with zero attached hydrogens (tertiary/aromatic N) is 2. The van der Waals surface area contributed by atoms with Crippen LogP contribution in [0.3, 0.4) is 0 Å². The van der Waals surface area contributed by atoms with Crippen LogP contribution in [-0.2, 0) is 6.54 Å². The predicted octanol–water partition coefficient (Wildman–Crippen LogP) is 5.14. The summed E-state index contributed by atoms with van der Waals surface area (Å²) in [5.74, 6) is 0.562. The molecule has 0 saturated carbocycles. The summed E-state index contributed by atoms with van der Waals surface area (Å²) in [4.78, 5) is 15.2. The zero-order chi connectivity index (χ0) is 19.5. The molecule has 3 aromatic rings. The summed E-state index contributed by atoms with van der Waals surface area (Å²) in [5.41, 5.74) is 4.52. The van der Waals surface area contributed by atoms with Gasteiger partial charge in [-0.3, -0.25) is 0 Å². The minimum Gasteiger partial charge on any atom is -0.338 e. The molecule has 0 spiro atoms. The first-order valence-corrected chi connectivity index (χ1v) is 10.00. The Morgan fingerprint density at radius 1 is 1.04 bits per heavy atom. The number of para-hydroxylation sites is 1. The predicted molar refractivity (Wildman–Crippen MR) is 112 cm³/mol. The van der Waals surface area contributed by atoms with Crippen molar-refractivity contribution in [2.75, 3.05) is 6.54 Å². The Balaban J connectivity index is 1.77. The molecule has 0 fully saturated rings. The molecule has 28 heavy (non-hydrogen) atoms. The third-order valence-corrected chi connectivity index (χ3v) is 5.34. The molecule has 0 saturated heterocycles. The number of aromatic nitrogens is 1. The Labute approximate surface area is 166 Å². The van der Waals surface area contributed by atoms with Crippen molar-refractivity contribution in [1.82, 2.24) is 14.8 Å². The van der Waals surface area contributed by atoms with Gasteiger partial charge in [0.25, 0.3) is 0 Å². The van der Waals surface area contributed by atoms with E-state index in [4.69, 9.17) is 0 Å². The minimum absolute atomic E-state index is 0.0149. The highest BCUT2D eigenvalue weighted by Crippen LogP contribution is 2.36. The lowest BCUT2D eigenvalue weighted by atomic mass is 10.0.